The largest absolute Gasteiger partial charge is 0.368 e. The zero-order valence-electron chi connectivity index (χ0n) is 26.2. The minimum atomic E-state index is -1.63. The first-order valence-electron chi connectivity index (χ1n) is 15.6. The lowest BCUT2D eigenvalue weighted by atomic mass is 9.81. The maximum atomic E-state index is 13.6. The molecule has 1 saturated carbocycles. The van der Waals surface area contributed by atoms with E-state index in [0.29, 0.717) is 31.5 Å². The Kier molecular flexibility index (Phi) is 11.1. The van der Waals surface area contributed by atoms with Crippen LogP contribution in [0, 0.1) is 5.41 Å². The van der Waals surface area contributed by atoms with Crippen molar-refractivity contribution in [3.05, 3.63) is 65.7 Å². The zero-order valence-corrected chi connectivity index (χ0v) is 26.2. The van der Waals surface area contributed by atoms with Crippen LogP contribution in [0.3, 0.4) is 0 Å². The molecule has 2 fully saturated rings. The molecule has 4 N–H and O–H groups in total. The van der Waals surface area contributed by atoms with Gasteiger partial charge in [0.05, 0.1) is 11.5 Å². The van der Waals surface area contributed by atoms with Crippen LogP contribution in [0.25, 0.3) is 0 Å². The van der Waals surface area contributed by atoms with Gasteiger partial charge in [-0.05, 0) is 62.8 Å². The summed E-state index contributed by atoms with van der Waals surface area (Å²) in [4.78, 5) is 67.4. The van der Waals surface area contributed by atoms with Gasteiger partial charge in [0.1, 0.15) is 12.2 Å². The van der Waals surface area contributed by atoms with Crippen molar-refractivity contribution in [3.63, 3.8) is 0 Å². The molecule has 11 heteroatoms. The molecule has 1 saturated heterocycles. The van der Waals surface area contributed by atoms with Gasteiger partial charge in [0.2, 0.25) is 17.7 Å². The minimum Gasteiger partial charge on any atom is -0.368 e. The molecule has 3 unspecified atom stereocenters. The highest BCUT2D eigenvalue weighted by Crippen LogP contribution is 2.42. The third-order valence-electron chi connectivity index (χ3n) is 8.99. The van der Waals surface area contributed by atoms with Gasteiger partial charge >= 0.3 is 0 Å². The second-order valence-corrected chi connectivity index (χ2v) is 12.2. The average Bonchev–Trinajstić information content (AvgIpc) is 3.59. The smallest absolute Gasteiger partial charge is 0.251 e. The first kappa shape index (κ1) is 33.8. The molecule has 4 rings (SSSR count). The fraction of sp³-hybridized carbons (Fsp3) is 0.500. The number of rotatable bonds is 13. The Labute approximate surface area is 264 Å². The SMILES string of the molecule is CC(=O)NCCC1(C(=O)NC(Cc2ccc(N3C(=O)C(C)N(C(=O)CCC(O)O)C3c3ccccc3)cc2)C(C)=O)CCCC1. The number of amides is 4. The van der Waals surface area contributed by atoms with E-state index in [-0.39, 0.29) is 48.7 Å². The van der Waals surface area contributed by atoms with Crippen LogP contribution in [0.4, 0.5) is 5.69 Å². The molecular weight excluding hydrogens is 576 g/mol. The van der Waals surface area contributed by atoms with Crippen molar-refractivity contribution in [1.29, 1.82) is 0 Å². The predicted molar refractivity (Wildman–Crippen MR) is 167 cm³/mol. The summed E-state index contributed by atoms with van der Waals surface area (Å²) < 4.78 is 0. The first-order chi connectivity index (χ1) is 21.4. The summed E-state index contributed by atoms with van der Waals surface area (Å²) in [5.41, 5.74) is 1.47. The van der Waals surface area contributed by atoms with Crippen LogP contribution >= 0.6 is 0 Å². The van der Waals surface area contributed by atoms with Crippen LogP contribution in [-0.4, -0.2) is 69.4 Å². The van der Waals surface area contributed by atoms with Crippen molar-refractivity contribution in [3.8, 4) is 0 Å². The number of anilines is 1. The lowest BCUT2D eigenvalue weighted by Crippen LogP contribution is -2.49. The molecule has 1 aliphatic carbocycles. The van der Waals surface area contributed by atoms with Crippen molar-refractivity contribution < 1.29 is 34.2 Å². The van der Waals surface area contributed by atoms with E-state index in [2.05, 4.69) is 10.6 Å². The molecule has 2 aromatic rings. The van der Waals surface area contributed by atoms with Crippen LogP contribution in [0.2, 0.25) is 0 Å². The molecule has 0 bridgehead atoms. The van der Waals surface area contributed by atoms with E-state index in [1.54, 1.807) is 24.0 Å². The highest BCUT2D eigenvalue weighted by atomic mass is 16.5. The second kappa shape index (κ2) is 14.8. The molecule has 0 aromatic heterocycles. The van der Waals surface area contributed by atoms with Crippen LogP contribution in [0.5, 0.6) is 0 Å². The summed E-state index contributed by atoms with van der Waals surface area (Å²) >= 11 is 0. The van der Waals surface area contributed by atoms with Gasteiger partial charge in [-0.15, -0.1) is 0 Å². The van der Waals surface area contributed by atoms with E-state index in [0.717, 1.165) is 24.0 Å². The number of aliphatic hydroxyl groups excluding tert-OH is 1. The Morgan fingerprint density at radius 1 is 0.978 bits per heavy atom. The molecular formula is C34H44N4O7. The van der Waals surface area contributed by atoms with E-state index in [1.807, 2.05) is 42.5 Å². The number of Topliss-reactive ketones (excluding diaryl/α,β-unsaturated/α-hetero) is 1. The van der Waals surface area contributed by atoms with Gasteiger partial charge in [-0.1, -0.05) is 55.3 Å². The molecule has 242 valence electrons. The third-order valence-corrected chi connectivity index (χ3v) is 8.99. The minimum absolute atomic E-state index is 0.127. The molecule has 11 nitrogen and oxygen atoms in total. The molecule has 3 atom stereocenters. The summed E-state index contributed by atoms with van der Waals surface area (Å²) in [6, 6.07) is 14.8. The quantitative estimate of drug-likeness (QED) is 0.251. The lowest BCUT2D eigenvalue weighted by Gasteiger charge is -2.31. The third kappa shape index (κ3) is 7.96. The van der Waals surface area contributed by atoms with E-state index >= 15 is 0 Å². The number of aliphatic hydroxyl groups is 2. The van der Waals surface area contributed by atoms with Crippen LogP contribution in [0.1, 0.15) is 83.0 Å². The van der Waals surface area contributed by atoms with E-state index in [9.17, 15) is 34.2 Å². The second-order valence-electron chi connectivity index (χ2n) is 12.2. The number of nitrogens with one attached hydrogen (secondary N) is 2. The number of hydrogen-bond acceptors (Lipinski definition) is 7. The normalized spacial score (nSPS) is 19.9. The summed E-state index contributed by atoms with van der Waals surface area (Å²) in [6.45, 7) is 4.96. The van der Waals surface area contributed by atoms with E-state index in [4.69, 9.17) is 0 Å². The molecule has 1 aliphatic heterocycles. The first-order valence-corrected chi connectivity index (χ1v) is 15.6. The van der Waals surface area contributed by atoms with Crippen LogP contribution in [0.15, 0.2) is 54.6 Å². The monoisotopic (exact) mass is 620 g/mol. The Hall–Kier alpha value is -4.09. The summed E-state index contributed by atoms with van der Waals surface area (Å²) in [7, 11) is 0. The molecule has 4 amide bonds. The summed E-state index contributed by atoms with van der Waals surface area (Å²) in [6.07, 6.45) is 1.42. The van der Waals surface area contributed by atoms with Crippen LogP contribution in [-0.2, 0) is 30.4 Å². The number of nitrogens with zero attached hydrogens (tertiary/aromatic N) is 2. The maximum absolute atomic E-state index is 13.6. The average molecular weight is 621 g/mol. The Morgan fingerprint density at radius 2 is 1.62 bits per heavy atom. The Morgan fingerprint density at radius 3 is 2.20 bits per heavy atom. The molecule has 2 aliphatic rings. The highest BCUT2D eigenvalue weighted by Gasteiger charge is 2.47. The molecule has 45 heavy (non-hydrogen) atoms. The van der Waals surface area contributed by atoms with E-state index in [1.165, 1.54) is 18.7 Å². The standard InChI is InChI=1S/C34H44N4O7/c1-22-32(44)38(31(26-9-5-4-6-10-26)37(22)29(41)15-16-30(42)43)27-13-11-25(12-14-27)21-28(23(2)39)36-33(45)34(17-7-8-18-34)19-20-35-24(3)40/h4-6,9-14,22,28,30-31,42-43H,7-8,15-21H2,1-3H3,(H,35,40)(H,36,45). The molecule has 0 radical (unpaired) electrons. The zero-order chi connectivity index (χ0) is 32.7. The van der Waals surface area contributed by atoms with Gasteiger partial charge in [0.15, 0.2) is 12.1 Å². The number of hydrogen-bond donors (Lipinski definition) is 4. The topological polar surface area (TPSA) is 156 Å². The summed E-state index contributed by atoms with van der Waals surface area (Å²) in [5, 5.41) is 24.4. The van der Waals surface area contributed by atoms with Crippen molar-refractivity contribution >= 4 is 35.1 Å². The fourth-order valence-corrected chi connectivity index (χ4v) is 6.47. The highest BCUT2D eigenvalue weighted by molar-refractivity contribution is 6.03. The number of benzene rings is 2. The lowest BCUT2D eigenvalue weighted by molar-refractivity contribution is -0.138. The maximum Gasteiger partial charge on any atom is 0.251 e. The Bertz CT molecular complexity index is 1370. The van der Waals surface area contributed by atoms with E-state index < -0.39 is 30.0 Å². The van der Waals surface area contributed by atoms with Crippen molar-refractivity contribution in [2.45, 2.75) is 96.7 Å². The van der Waals surface area contributed by atoms with Crippen molar-refractivity contribution in [2.75, 3.05) is 11.4 Å². The fourth-order valence-electron chi connectivity index (χ4n) is 6.47. The predicted octanol–water partition coefficient (Wildman–Crippen LogP) is 2.74. The van der Waals surface area contributed by atoms with Gasteiger partial charge < -0.3 is 25.7 Å². The summed E-state index contributed by atoms with van der Waals surface area (Å²) in [5.74, 6) is -1.12. The van der Waals surface area contributed by atoms with Crippen LogP contribution < -0.4 is 15.5 Å². The molecule has 0 spiro atoms. The van der Waals surface area contributed by atoms with Gasteiger partial charge in [-0.2, -0.15) is 0 Å². The van der Waals surface area contributed by atoms with Crippen molar-refractivity contribution in [2.24, 2.45) is 5.41 Å². The Balaban J connectivity index is 1.53. The van der Waals surface area contributed by atoms with Gasteiger partial charge in [-0.25, -0.2) is 0 Å². The molecule has 2 aromatic carbocycles. The van der Waals surface area contributed by atoms with Gasteiger partial charge in [0.25, 0.3) is 5.91 Å². The van der Waals surface area contributed by atoms with Crippen molar-refractivity contribution in [1.82, 2.24) is 15.5 Å². The molecule has 1 heterocycles. The van der Waals surface area contributed by atoms with Gasteiger partial charge in [0, 0.05) is 32.0 Å². The number of ketones is 1. The van der Waals surface area contributed by atoms with Gasteiger partial charge in [-0.3, -0.25) is 28.9 Å². The number of carbonyl (C=O) groups excluding carboxylic acids is 5. The number of carbonyl (C=O) groups is 5.